The minimum atomic E-state index is -0.394. The third kappa shape index (κ3) is 2.76. The highest BCUT2D eigenvalue weighted by Crippen LogP contribution is 2.32. The van der Waals surface area contributed by atoms with Gasteiger partial charge in [-0.1, -0.05) is 24.6 Å². The number of hydrogen-bond acceptors (Lipinski definition) is 2. The van der Waals surface area contributed by atoms with Crippen LogP contribution in [0.5, 0.6) is 0 Å². The molecule has 18 heavy (non-hydrogen) atoms. The fourth-order valence-corrected chi connectivity index (χ4v) is 2.41. The van der Waals surface area contributed by atoms with Gasteiger partial charge in [0.25, 0.3) is 0 Å². The topological polar surface area (TPSA) is 25.2 Å². The Bertz CT molecular complexity index is 523. The van der Waals surface area contributed by atoms with Crippen LogP contribution in [0.4, 0.5) is 4.39 Å². The molecule has 2 aromatic rings. The Labute approximate surface area is 118 Å². The maximum atomic E-state index is 13.9. The summed E-state index contributed by atoms with van der Waals surface area (Å²) in [7, 11) is 0. The molecule has 1 N–H and O–H groups in total. The van der Waals surface area contributed by atoms with E-state index in [2.05, 4.69) is 21.2 Å². The summed E-state index contributed by atoms with van der Waals surface area (Å²) in [5.41, 5.74) is 0.405. The van der Waals surface area contributed by atoms with Crippen molar-refractivity contribution in [2.24, 2.45) is 0 Å². The van der Waals surface area contributed by atoms with Gasteiger partial charge in [0.15, 0.2) is 4.67 Å². The Morgan fingerprint density at radius 1 is 1.39 bits per heavy atom. The summed E-state index contributed by atoms with van der Waals surface area (Å²) in [6, 6.07) is 7.82. The first kappa shape index (κ1) is 13.6. The van der Waals surface area contributed by atoms with Crippen LogP contribution in [0.3, 0.4) is 0 Å². The molecule has 2 nitrogen and oxygen atoms in total. The Hall–Kier alpha value is -0.840. The molecular formula is C13H12BrClFNO. The second kappa shape index (κ2) is 5.87. The second-order valence-electron chi connectivity index (χ2n) is 3.77. The van der Waals surface area contributed by atoms with E-state index in [-0.39, 0.29) is 5.82 Å². The summed E-state index contributed by atoms with van der Waals surface area (Å²) in [5, 5.41) is 3.55. The zero-order chi connectivity index (χ0) is 13.1. The predicted octanol–water partition coefficient (Wildman–Crippen LogP) is 4.53. The molecule has 0 aliphatic rings. The third-order valence-electron chi connectivity index (χ3n) is 2.58. The van der Waals surface area contributed by atoms with E-state index in [1.807, 2.05) is 6.92 Å². The van der Waals surface area contributed by atoms with Crippen LogP contribution in [0.2, 0.25) is 5.02 Å². The Morgan fingerprint density at radius 2 is 2.17 bits per heavy atom. The summed E-state index contributed by atoms with van der Waals surface area (Å²) >= 11 is 9.32. The lowest BCUT2D eigenvalue weighted by molar-refractivity contribution is 0.429. The average molecular weight is 333 g/mol. The van der Waals surface area contributed by atoms with Crippen molar-refractivity contribution in [3.63, 3.8) is 0 Å². The molecule has 0 spiro atoms. The molecule has 1 atom stereocenters. The van der Waals surface area contributed by atoms with Gasteiger partial charge in [0.2, 0.25) is 0 Å². The number of furan rings is 1. The van der Waals surface area contributed by atoms with Crippen LogP contribution in [0.1, 0.15) is 24.3 Å². The van der Waals surface area contributed by atoms with E-state index in [0.29, 0.717) is 27.6 Å². The van der Waals surface area contributed by atoms with Crippen molar-refractivity contribution in [1.82, 2.24) is 5.32 Å². The zero-order valence-corrected chi connectivity index (χ0v) is 12.1. The molecule has 1 unspecified atom stereocenters. The predicted molar refractivity (Wildman–Crippen MR) is 73.3 cm³/mol. The molecule has 0 bridgehead atoms. The highest BCUT2D eigenvalue weighted by molar-refractivity contribution is 9.10. The molecule has 0 fully saturated rings. The molecule has 0 saturated heterocycles. The van der Waals surface area contributed by atoms with E-state index in [9.17, 15) is 4.39 Å². The van der Waals surface area contributed by atoms with E-state index >= 15 is 0 Å². The lowest BCUT2D eigenvalue weighted by Crippen LogP contribution is -2.23. The smallest absolute Gasteiger partial charge is 0.169 e. The van der Waals surface area contributed by atoms with Crippen molar-refractivity contribution in [3.05, 3.63) is 57.2 Å². The van der Waals surface area contributed by atoms with Gasteiger partial charge in [-0.3, -0.25) is 0 Å². The van der Waals surface area contributed by atoms with Crippen LogP contribution in [0, 0.1) is 5.82 Å². The molecule has 0 aliphatic heterocycles. The minimum Gasteiger partial charge on any atom is -0.452 e. The van der Waals surface area contributed by atoms with Gasteiger partial charge >= 0.3 is 0 Å². The van der Waals surface area contributed by atoms with Crippen LogP contribution < -0.4 is 5.32 Å². The van der Waals surface area contributed by atoms with Gasteiger partial charge in [0, 0.05) is 10.6 Å². The monoisotopic (exact) mass is 331 g/mol. The van der Waals surface area contributed by atoms with Gasteiger partial charge in [-0.05, 0) is 46.7 Å². The van der Waals surface area contributed by atoms with Crippen LogP contribution in [0.15, 0.2) is 39.4 Å². The van der Waals surface area contributed by atoms with Crippen molar-refractivity contribution in [3.8, 4) is 0 Å². The molecule has 1 aromatic carbocycles. The van der Waals surface area contributed by atoms with Crippen LogP contribution in [-0.4, -0.2) is 6.54 Å². The fourth-order valence-electron chi connectivity index (χ4n) is 1.82. The summed E-state index contributed by atoms with van der Waals surface area (Å²) in [6.07, 6.45) is 0. The lowest BCUT2D eigenvalue weighted by atomic mass is 10.0. The number of halogens is 3. The van der Waals surface area contributed by atoms with Crippen molar-refractivity contribution in [2.75, 3.05) is 6.54 Å². The molecule has 96 valence electrons. The second-order valence-corrected chi connectivity index (χ2v) is 4.96. The van der Waals surface area contributed by atoms with E-state index in [1.54, 1.807) is 24.3 Å². The summed E-state index contributed by atoms with van der Waals surface area (Å²) < 4.78 is 20.0. The summed E-state index contributed by atoms with van der Waals surface area (Å²) in [6.45, 7) is 2.62. The normalized spacial score (nSPS) is 12.7. The number of benzene rings is 1. The fraction of sp³-hybridized carbons (Fsp3) is 0.231. The third-order valence-corrected chi connectivity index (χ3v) is 3.33. The summed E-state index contributed by atoms with van der Waals surface area (Å²) in [5.74, 6) is 0.275. The van der Waals surface area contributed by atoms with Crippen molar-refractivity contribution in [2.45, 2.75) is 13.0 Å². The molecule has 1 aromatic heterocycles. The van der Waals surface area contributed by atoms with Gasteiger partial charge in [-0.2, -0.15) is 0 Å². The Balaban J connectivity index is 2.47. The molecule has 2 rings (SSSR count). The van der Waals surface area contributed by atoms with Gasteiger partial charge in [0.05, 0.1) is 6.04 Å². The molecule has 0 amide bonds. The van der Waals surface area contributed by atoms with Gasteiger partial charge in [-0.15, -0.1) is 0 Å². The SMILES string of the molecule is CCNC(c1ccc(Br)o1)c1c(F)cccc1Cl. The minimum absolute atomic E-state index is 0.346. The first-order valence-corrected chi connectivity index (χ1v) is 6.73. The van der Waals surface area contributed by atoms with E-state index in [0.717, 1.165) is 0 Å². The van der Waals surface area contributed by atoms with Gasteiger partial charge in [0.1, 0.15) is 11.6 Å². The maximum Gasteiger partial charge on any atom is 0.169 e. The molecule has 1 heterocycles. The number of rotatable bonds is 4. The molecule has 0 radical (unpaired) electrons. The summed E-state index contributed by atoms with van der Waals surface area (Å²) in [4.78, 5) is 0. The van der Waals surface area contributed by atoms with E-state index < -0.39 is 6.04 Å². The largest absolute Gasteiger partial charge is 0.452 e. The van der Waals surface area contributed by atoms with Crippen molar-refractivity contribution >= 4 is 27.5 Å². The van der Waals surface area contributed by atoms with Crippen LogP contribution in [0.25, 0.3) is 0 Å². The molecular weight excluding hydrogens is 321 g/mol. The average Bonchev–Trinajstić information content (AvgIpc) is 2.74. The Morgan fingerprint density at radius 3 is 2.72 bits per heavy atom. The maximum absolute atomic E-state index is 13.9. The quantitative estimate of drug-likeness (QED) is 0.889. The van der Waals surface area contributed by atoms with Gasteiger partial charge in [-0.25, -0.2) is 4.39 Å². The van der Waals surface area contributed by atoms with Crippen LogP contribution in [-0.2, 0) is 0 Å². The zero-order valence-electron chi connectivity index (χ0n) is 9.71. The highest BCUT2D eigenvalue weighted by atomic mass is 79.9. The standard InChI is InChI=1S/C13H12BrClFNO/c1-2-17-13(10-6-7-11(14)18-10)12-8(15)4-3-5-9(12)16/h3-7,13,17H,2H2,1H3. The van der Waals surface area contributed by atoms with Crippen LogP contribution >= 0.6 is 27.5 Å². The van der Waals surface area contributed by atoms with E-state index in [4.69, 9.17) is 16.0 Å². The first-order chi connectivity index (χ1) is 8.63. The first-order valence-electron chi connectivity index (χ1n) is 5.56. The molecule has 0 saturated carbocycles. The molecule has 0 aliphatic carbocycles. The number of nitrogens with one attached hydrogen (secondary N) is 1. The van der Waals surface area contributed by atoms with Crippen molar-refractivity contribution < 1.29 is 8.81 Å². The number of hydrogen-bond donors (Lipinski definition) is 1. The lowest BCUT2D eigenvalue weighted by Gasteiger charge is -2.18. The van der Waals surface area contributed by atoms with E-state index in [1.165, 1.54) is 6.07 Å². The molecule has 5 heteroatoms. The Kier molecular flexibility index (Phi) is 4.43. The highest BCUT2D eigenvalue weighted by Gasteiger charge is 2.22. The van der Waals surface area contributed by atoms with Gasteiger partial charge < -0.3 is 9.73 Å². The van der Waals surface area contributed by atoms with Crippen molar-refractivity contribution in [1.29, 1.82) is 0 Å².